The highest BCUT2D eigenvalue weighted by atomic mass is 35.5. The summed E-state index contributed by atoms with van der Waals surface area (Å²) in [4.78, 5) is -0.182. The predicted octanol–water partition coefficient (Wildman–Crippen LogP) is 1.63. The van der Waals surface area contributed by atoms with Crippen LogP contribution in [0.4, 0.5) is 5.69 Å². The largest absolute Gasteiger partial charge is 0.399 e. The van der Waals surface area contributed by atoms with Crippen molar-refractivity contribution in [3.63, 3.8) is 0 Å². The first kappa shape index (κ1) is 14.9. The van der Waals surface area contributed by atoms with Gasteiger partial charge in [-0.1, -0.05) is 23.2 Å². The summed E-state index contributed by atoms with van der Waals surface area (Å²) in [5.74, 6) is 0. The molecule has 1 aromatic rings. The molecule has 0 atom stereocenters. The zero-order chi connectivity index (χ0) is 14.3. The van der Waals surface area contributed by atoms with E-state index in [4.69, 9.17) is 34.0 Å². The van der Waals surface area contributed by atoms with Gasteiger partial charge >= 0.3 is 0 Å². The zero-order valence-corrected chi connectivity index (χ0v) is 12.3. The maximum absolute atomic E-state index is 12.2. The summed E-state index contributed by atoms with van der Waals surface area (Å²) in [5.41, 5.74) is 5.49. The predicted molar refractivity (Wildman–Crippen MR) is 74.8 cm³/mol. The van der Waals surface area contributed by atoms with Crippen LogP contribution in [-0.4, -0.2) is 26.7 Å². The third-order valence-electron chi connectivity index (χ3n) is 3.22. The molecule has 0 amide bonds. The summed E-state index contributed by atoms with van der Waals surface area (Å²) >= 11 is 11.8. The molecule has 0 aliphatic heterocycles. The number of sulfonamides is 1. The number of anilines is 1. The van der Waals surface area contributed by atoms with Crippen LogP contribution in [0, 0.1) is 5.41 Å². The van der Waals surface area contributed by atoms with Crippen LogP contribution in [-0.2, 0) is 10.0 Å². The first-order valence-electron chi connectivity index (χ1n) is 5.65. The summed E-state index contributed by atoms with van der Waals surface area (Å²) < 4.78 is 26.8. The molecule has 4 N–H and O–H groups in total. The number of aliphatic hydroxyl groups is 1. The van der Waals surface area contributed by atoms with Gasteiger partial charge in [0.25, 0.3) is 0 Å². The fourth-order valence-electron chi connectivity index (χ4n) is 1.72. The molecular formula is C11H14Cl2N2O3S. The van der Waals surface area contributed by atoms with E-state index in [2.05, 4.69) is 4.72 Å². The molecule has 19 heavy (non-hydrogen) atoms. The Morgan fingerprint density at radius 3 is 2.26 bits per heavy atom. The van der Waals surface area contributed by atoms with Crippen molar-refractivity contribution in [2.75, 3.05) is 18.9 Å². The van der Waals surface area contributed by atoms with Crippen molar-refractivity contribution in [3.8, 4) is 0 Å². The van der Waals surface area contributed by atoms with Gasteiger partial charge < -0.3 is 10.8 Å². The summed E-state index contributed by atoms with van der Waals surface area (Å²) in [7, 11) is -3.82. The molecule has 106 valence electrons. The van der Waals surface area contributed by atoms with Gasteiger partial charge in [0.1, 0.15) is 4.90 Å². The van der Waals surface area contributed by atoms with Crippen LogP contribution in [0.2, 0.25) is 10.0 Å². The van der Waals surface area contributed by atoms with Gasteiger partial charge in [-0.25, -0.2) is 13.1 Å². The van der Waals surface area contributed by atoms with Gasteiger partial charge in [-0.3, -0.25) is 0 Å². The lowest BCUT2D eigenvalue weighted by Crippen LogP contribution is -2.32. The second-order valence-electron chi connectivity index (χ2n) is 4.80. The van der Waals surface area contributed by atoms with Gasteiger partial charge in [0.2, 0.25) is 10.0 Å². The molecule has 8 heteroatoms. The van der Waals surface area contributed by atoms with Gasteiger partial charge in [-0.05, 0) is 25.0 Å². The van der Waals surface area contributed by atoms with Crippen molar-refractivity contribution >= 4 is 38.9 Å². The standard InChI is InChI=1S/C11H14Cl2N2O3S/c12-8-3-7(14)4-9(13)10(8)19(17,18)15-5-11(6-16)1-2-11/h3-4,15-16H,1-2,5-6,14H2. The van der Waals surface area contributed by atoms with Crippen LogP contribution in [0.1, 0.15) is 12.8 Å². The third-order valence-corrected chi connectivity index (χ3v) is 5.54. The van der Waals surface area contributed by atoms with Gasteiger partial charge in [0, 0.05) is 24.3 Å². The van der Waals surface area contributed by atoms with Gasteiger partial charge in [0.15, 0.2) is 0 Å². The SMILES string of the molecule is Nc1cc(Cl)c(S(=O)(=O)NCC2(CO)CC2)c(Cl)c1. The van der Waals surface area contributed by atoms with Gasteiger partial charge in [0.05, 0.1) is 10.0 Å². The van der Waals surface area contributed by atoms with Crippen LogP contribution in [0.15, 0.2) is 17.0 Å². The van der Waals surface area contributed by atoms with Gasteiger partial charge in [-0.15, -0.1) is 0 Å². The Hall–Kier alpha value is -0.530. The average Bonchev–Trinajstić information content (AvgIpc) is 3.05. The van der Waals surface area contributed by atoms with Crippen LogP contribution >= 0.6 is 23.2 Å². The molecule has 0 spiro atoms. The third kappa shape index (κ3) is 3.14. The van der Waals surface area contributed by atoms with Crippen LogP contribution < -0.4 is 10.5 Å². The average molecular weight is 325 g/mol. The fraction of sp³-hybridized carbons (Fsp3) is 0.455. The van der Waals surface area contributed by atoms with E-state index >= 15 is 0 Å². The lowest BCUT2D eigenvalue weighted by atomic mass is 10.1. The molecule has 1 aromatic carbocycles. The van der Waals surface area contributed by atoms with E-state index in [-0.39, 0.29) is 33.5 Å². The Balaban J connectivity index is 2.25. The Kier molecular flexibility index (Phi) is 3.99. The van der Waals surface area contributed by atoms with Crippen molar-refractivity contribution in [2.45, 2.75) is 17.7 Å². The topological polar surface area (TPSA) is 92.4 Å². The highest BCUT2D eigenvalue weighted by molar-refractivity contribution is 7.89. The minimum atomic E-state index is -3.82. The fourth-order valence-corrected chi connectivity index (χ4v) is 4.11. The molecule has 0 heterocycles. The molecule has 0 radical (unpaired) electrons. The van der Waals surface area contributed by atoms with E-state index in [1.54, 1.807) is 0 Å². The van der Waals surface area contributed by atoms with Crippen LogP contribution in [0.5, 0.6) is 0 Å². The van der Waals surface area contributed by atoms with E-state index < -0.39 is 10.0 Å². The maximum atomic E-state index is 12.2. The summed E-state index contributed by atoms with van der Waals surface area (Å²) in [6, 6.07) is 2.67. The maximum Gasteiger partial charge on any atom is 0.243 e. The minimum absolute atomic E-state index is 0.0219. The van der Waals surface area contributed by atoms with E-state index in [0.29, 0.717) is 5.69 Å². The quantitative estimate of drug-likeness (QED) is 0.718. The van der Waals surface area contributed by atoms with Crippen molar-refractivity contribution < 1.29 is 13.5 Å². The number of halogens is 2. The molecule has 1 fully saturated rings. The van der Waals surface area contributed by atoms with E-state index in [9.17, 15) is 8.42 Å². The lowest BCUT2D eigenvalue weighted by Gasteiger charge is -2.15. The zero-order valence-electron chi connectivity index (χ0n) is 9.99. The first-order valence-corrected chi connectivity index (χ1v) is 7.89. The monoisotopic (exact) mass is 324 g/mol. The molecule has 1 saturated carbocycles. The number of rotatable bonds is 5. The molecule has 5 nitrogen and oxygen atoms in total. The Bertz CT molecular complexity index is 577. The minimum Gasteiger partial charge on any atom is -0.399 e. The summed E-state index contributed by atoms with van der Waals surface area (Å²) in [6.45, 7) is 0.127. The first-order chi connectivity index (χ1) is 8.80. The number of hydrogen-bond donors (Lipinski definition) is 3. The lowest BCUT2D eigenvalue weighted by molar-refractivity contribution is 0.213. The summed E-state index contributed by atoms with van der Waals surface area (Å²) in [5, 5.41) is 9.12. The number of aliphatic hydroxyl groups excluding tert-OH is 1. The molecule has 2 rings (SSSR count). The van der Waals surface area contributed by atoms with E-state index in [1.807, 2.05) is 0 Å². The Labute approximate surface area is 121 Å². The normalized spacial score (nSPS) is 17.4. The molecule has 1 aliphatic rings. The van der Waals surface area contributed by atoms with Crippen molar-refractivity contribution in [1.82, 2.24) is 4.72 Å². The second-order valence-corrected chi connectivity index (χ2v) is 7.31. The number of nitrogens with one attached hydrogen (secondary N) is 1. The van der Waals surface area contributed by atoms with Gasteiger partial charge in [-0.2, -0.15) is 0 Å². The smallest absolute Gasteiger partial charge is 0.243 e. The number of nitrogen functional groups attached to an aromatic ring is 1. The molecule has 0 bridgehead atoms. The molecular weight excluding hydrogens is 311 g/mol. The Morgan fingerprint density at radius 1 is 1.32 bits per heavy atom. The number of benzene rings is 1. The van der Waals surface area contributed by atoms with E-state index in [0.717, 1.165) is 12.8 Å². The summed E-state index contributed by atoms with van der Waals surface area (Å²) in [6.07, 6.45) is 1.60. The molecule has 0 saturated heterocycles. The van der Waals surface area contributed by atoms with Crippen molar-refractivity contribution in [1.29, 1.82) is 0 Å². The second kappa shape index (κ2) is 5.10. The Morgan fingerprint density at radius 2 is 1.84 bits per heavy atom. The number of hydrogen-bond acceptors (Lipinski definition) is 4. The molecule has 0 aromatic heterocycles. The molecule has 1 aliphatic carbocycles. The van der Waals surface area contributed by atoms with Crippen LogP contribution in [0.25, 0.3) is 0 Å². The molecule has 0 unspecified atom stereocenters. The van der Waals surface area contributed by atoms with E-state index in [1.165, 1.54) is 12.1 Å². The highest BCUT2D eigenvalue weighted by Gasteiger charge is 2.43. The van der Waals surface area contributed by atoms with Crippen molar-refractivity contribution in [3.05, 3.63) is 22.2 Å². The van der Waals surface area contributed by atoms with Crippen LogP contribution in [0.3, 0.4) is 0 Å². The van der Waals surface area contributed by atoms with Crippen molar-refractivity contribution in [2.24, 2.45) is 5.41 Å². The number of nitrogens with two attached hydrogens (primary N) is 1. The highest BCUT2D eigenvalue weighted by Crippen LogP contribution is 2.44.